The van der Waals surface area contributed by atoms with Gasteiger partial charge in [0.05, 0.1) is 0 Å². The van der Waals surface area contributed by atoms with Crippen molar-refractivity contribution in [2.75, 3.05) is 32.7 Å². The van der Waals surface area contributed by atoms with Crippen LogP contribution in [0, 0.1) is 0 Å². The van der Waals surface area contributed by atoms with Crippen LogP contribution in [0.2, 0.25) is 5.02 Å². The van der Waals surface area contributed by atoms with E-state index in [2.05, 4.69) is 95.6 Å². The maximum absolute atomic E-state index is 6.15. The van der Waals surface area contributed by atoms with Gasteiger partial charge in [-0.1, -0.05) is 90.5 Å². The van der Waals surface area contributed by atoms with Gasteiger partial charge in [0.25, 0.3) is 0 Å². The van der Waals surface area contributed by atoms with Gasteiger partial charge in [-0.15, -0.1) is 0 Å². The molecule has 1 aliphatic heterocycles. The highest BCUT2D eigenvalue weighted by Crippen LogP contribution is 2.26. The van der Waals surface area contributed by atoms with Gasteiger partial charge in [0.1, 0.15) is 0 Å². The van der Waals surface area contributed by atoms with E-state index in [9.17, 15) is 0 Å². The molecular weight excluding hydrogens is 412 g/mol. The molecule has 1 saturated heterocycles. The van der Waals surface area contributed by atoms with E-state index in [0.29, 0.717) is 6.04 Å². The maximum atomic E-state index is 6.15. The lowest BCUT2D eigenvalue weighted by atomic mass is 9.97. The van der Waals surface area contributed by atoms with E-state index < -0.39 is 0 Å². The van der Waals surface area contributed by atoms with Crippen molar-refractivity contribution in [3.05, 3.63) is 113 Å². The normalized spacial score (nSPS) is 15.1. The van der Waals surface area contributed by atoms with E-state index in [0.717, 1.165) is 24.7 Å². The molecule has 0 N–H and O–H groups in total. The van der Waals surface area contributed by atoms with Gasteiger partial charge in [-0.3, -0.25) is 4.90 Å². The van der Waals surface area contributed by atoms with E-state index in [-0.39, 0.29) is 0 Å². The van der Waals surface area contributed by atoms with Gasteiger partial charge < -0.3 is 4.90 Å². The molecule has 0 aliphatic carbocycles. The standard InChI is InChI=1S/C29H33ClN2/c1-24(25-14-16-28(30)17-15-25)32(23-22-31-19-8-9-20-31)21-18-29(26-10-4-2-5-11-26)27-12-6-3-7-13-27/h2-7,10-18,24H,8-9,19-23H2,1H3/t24-/m1/s1. The number of nitrogens with zero attached hydrogens (tertiary/aromatic N) is 2. The van der Waals surface area contributed by atoms with Crippen molar-refractivity contribution in [3.8, 4) is 0 Å². The summed E-state index contributed by atoms with van der Waals surface area (Å²) in [7, 11) is 0. The molecule has 166 valence electrons. The lowest BCUT2D eigenvalue weighted by molar-refractivity contribution is 0.197. The molecule has 0 amide bonds. The zero-order chi connectivity index (χ0) is 22.2. The molecule has 1 heterocycles. The number of hydrogen-bond donors (Lipinski definition) is 0. The van der Waals surface area contributed by atoms with Crippen molar-refractivity contribution in [2.45, 2.75) is 25.8 Å². The van der Waals surface area contributed by atoms with E-state index >= 15 is 0 Å². The first-order chi connectivity index (χ1) is 15.7. The molecule has 32 heavy (non-hydrogen) atoms. The molecule has 0 spiro atoms. The van der Waals surface area contributed by atoms with Crippen molar-refractivity contribution in [1.29, 1.82) is 0 Å². The molecule has 2 nitrogen and oxygen atoms in total. The zero-order valence-electron chi connectivity index (χ0n) is 19.0. The minimum absolute atomic E-state index is 0.318. The third kappa shape index (κ3) is 6.10. The molecule has 0 aromatic heterocycles. The van der Waals surface area contributed by atoms with Crippen LogP contribution in [0.15, 0.2) is 91.0 Å². The van der Waals surface area contributed by atoms with Gasteiger partial charge in [-0.05, 0) is 67.3 Å². The highest BCUT2D eigenvalue weighted by atomic mass is 35.5. The summed E-state index contributed by atoms with van der Waals surface area (Å²) in [6, 6.07) is 30.1. The topological polar surface area (TPSA) is 6.48 Å². The first-order valence-electron chi connectivity index (χ1n) is 11.7. The summed E-state index contributed by atoms with van der Waals surface area (Å²) in [6.45, 7) is 7.86. The molecule has 0 unspecified atom stereocenters. The minimum Gasteiger partial charge on any atom is -0.302 e. The van der Waals surface area contributed by atoms with Crippen molar-refractivity contribution in [1.82, 2.24) is 9.80 Å². The van der Waals surface area contributed by atoms with Crippen LogP contribution in [-0.4, -0.2) is 42.5 Å². The summed E-state index contributed by atoms with van der Waals surface area (Å²) < 4.78 is 0. The molecule has 3 aromatic carbocycles. The fourth-order valence-corrected chi connectivity index (χ4v) is 4.64. The second-order valence-electron chi connectivity index (χ2n) is 8.62. The van der Waals surface area contributed by atoms with Gasteiger partial charge in [0.15, 0.2) is 0 Å². The molecule has 0 radical (unpaired) electrons. The second kappa shape index (κ2) is 11.5. The molecule has 0 bridgehead atoms. The van der Waals surface area contributed by atoms with E-state index in [1.807, 2.05) is 12.1 Å². The van der Waals surface area contributed by atoms with E-state index in [1.54, 1.807) is 0 Å². The summed E-state index contributed by atoms with van der Waals surface area (Å²) in [5, 5.41) is 0.792. The molecular formula is C29H33ClN2. The summed E-state index contributed by atoms with van der Waals surface area (Å²) >= 11 is 6.15. The average molecular weight is 445 g/mol. The highest BCUT2D eigenvalue weighted by molar-refractivity contribution is 6.30. The van der Waals surface area contributed by atoms with Crippen molar-refractivity contribution in [2.24, 2.45) is 0 Å². The Morgan fingerprint density at radius 1 is 0.875 bits per heavy atom. The lowest BCUT2D eigenvalue weighted by Crippen LogP contribution is -2.35. The van der Waals surface area contributed by atoms with Crippen LogP contribution < -0.4 is 0 Å². The van der Waals surface area contributed by atoms with Crippen LogP contribution in [-0.2, 0) is 0 Å². The van der Waals surface area contributed by atoms with Gasteiger partial charge in [0.2, 0.25) is 0 Å². The number of hydrogen-bond acceptors (Lipinski definition) is 2. The third-order valence-corrected chi connectivity index (χ3v) is 6.75. The Kier molecular flexibility index (Phi) is 8.17. The predicted octanol–water partition coefficient (Wildman–Crippen LogP) is 6.93. The van der Waals surface area contributed by atoms with Crippen LogP contribution >= 0.6 is 11.6 Å². The Morgan fingerprint density at radius 3 is 2.00 bits per heavy atom. The number of likely N-dealkylation sites (tertiary alicyclic amines) is 1. The fourth-order valence-electron chi connectivity index (χ4n) is 4.52. The number of benzene rings is 3. The van der Waals surface area contributed by atoms with Crippen LogP contribution in [0.25, 0.3) is 5.57 Å². The lowest BCUT2D eigenvalue weighted by Gasteiger charge is -2.30. The van der Waals surface area contributed by atoms with Crippen LogP contribution in [0.1, 0.15) is 42.5 Å². The van der Waals surface area contributed by atoms with Gasteiger partial charge in [-0.25, -0.2) is 0 Å². The summed E-state index contributed by atoms with van der Waals surface area (Å²) in [5.41, 5.74) is 5.13. The SMILES string of the molecule is C[C@H](c1ccc(Cl)cc1)N(CC=C(c1ccccc1)c1ccccc1)CCN1CCCC1. The van der Waals surface area contributed by atoms with Crippen LogP contribution in [0.5, 0.6) is 0 Å². The number of halogens is 1. The van der Waals surface area contributed by atoms with E-state index in [4.69, 9.17) is 11.6 Å². The Balaban J connectivity index is 1.59. The minimum atomic E-state index is 0.318. The second-order valence-corrected chi connectivity index (χ2v) is 9.06. The fraction of sp³-hybridized carbons (Fsp3) is 0.310. The van der Waals surface area contributed by atoms with Gasteiger partial charge >= 0.3 is 0 Å². The molecule has 4 rings (SSSR count). The molecule has 1 fully saturated rings. The largest absolute Gasteiger partial charge is 0.302 e. The third-order valence-electron chi connectivity index (χ3n) is 6.50. The van der Waals surface area contributed by atoms with Crippen molar-refractivity contribution < 1.29 is 0 Å². The smallest absolute Gasteiger partial charge is 0.0406 e. The Bertz CT molecular complexity index is 935. The summed E-state index contributed by atoms with van der Waals surface area (Å²) in [4.78, 5) is 5.19. The Morgan fingerprint density at radius 2 is 1.44 bits per heavy atom. The van der Waals surface area contributed by atoms with E-state index in [1.165, 1.54) is 48.2 Å². The first kappa shape index (κ1) is 22.8. The highest BCUT2D eigenvalue weighted by Gasteiger charge is 2.18. The van der Waals surface area contributed by atoms with Crippen LogP contribution in [0.3, 0.4) is 0 Å². The maximum Gasteiger partial charge on any atom is 0.0406 e. The molecule has 1 aliphatic rings. The molecule has 3 heteroatoms. The average Bonchev–Trinajstić information content (AvgIpc) is 3.36. The number of rotatable bonds is 9. The van der Waals surface area contributed by atoms with Crippen LogP contribution in [0.4, 0.5) is 0 Å². The molecule has 0 saturated carbocycles. The van der Waals surface area contributed by atoms with Crippen molar-refractivity contribution in [3.63, 3.8) is 0 Å². The molecule has 3 aromatic rings. The zero-order valence-corrected chi connectivity index (χ0v) is 19.7. The first-order valence-corrected chi connectivity index (χ1v) is 12.1. The predicted molar refractivity (Wildman–Crippen MR) is 137 cm³/mol. The summed E-state index contributed by atoms with van der Waals surface area (Å²) in [5.74, 6) is 0. The summed E-state index contributed by atoms with van der Waals surface area (Å²) in [6.07, 6.45) is 5.07. The Hall–Kier alpha value is -2.39. The molecule has 1 atom stereocenters. The van der Waals surface area contributed by atoms with Crippen molar-refractivity contribution >= 4 is 17.2 Å². The van der Waals surface area contributed by atoms with Gasteiger partial charge in [-0.2, -0.15) is 0 Å². The quantitative estimate of drug-likeness (QED) is 0.353. The van der Waals surface area contributed by atoms with Gasteiger partial charge in [0, 0.05) is 30.7 Å². The monoisotopic (exact) mass is 444 g/mol. The Labute approximate surface area is 198 Å².